The summed E-state index contributed by atoms with van der Waals surface area (Å²) in [7, 11) is -3.88. The molecule has 0 radical (unpaired) electrons. The molecule has 0 bridgehead atoms. The third-order valence-corrected chi connectivity index (χ3v) is 6.70. The van der Waals surface area contributed by atoms with E-state index >= 15 is 0 Å². The van der Waals surface area contributed by atoms with Gasteiger partial charge in [0.25, 0.3) is 0 Å². The Balaban J connectivity index is 1.97. The number of halogens is 3. The van der Waals surface area contributed by atoms with Crippen LogP contribution < -0.4 is 0 Å². The fourth-order valence-electron chi connectivity index (χ4n) is 2.66. The van der Waals surface area contributed by atoms with E-state index < -0.39 is 27.2 Å². The second-order valence-electron chi connectivity index (χ2n) is 6.35. The standard InChI is InChI=1S/C15H15F3N2O3S2/c1-14(9-21)7-20(8-14)25(22,23)12-6-24-19-13(12)10-3-2-4-11(5-10)15(16,17)18/h2-6,21H,7-9H2,1H3. The van der Waals surface area contributed by atoms with Gasteiger partial charge in [-0.2, -0.15) is 21.9 Å². The molecule has 2 heterocycles. The van der Waals surface area contributed by atoms with Crippen LogP contribution in [-0.2, 0) is 16.2 Å². The van der Waals surface area contributed by atoms with E-state index in [9.17, 15) is 26.7 Å². The molecule has 1 aromatic carbocycles. The topological polar surface area (TPSA) is 70.5 Å². The van der Waals surface area contributed by atoms with Gasteiger partial charge in [0.1, 0.15) is 10.6 Å². The van der Waals surface area contributed by atoms with E-state index in [1.807, 2.05) is 0 Å². The van der Waals surface area contributed by atoms with E-state index in [1.165, 1.54) is 21.8 Å². The van der Waals surface area contributed by atoms with Crippen LogP contribution in [-0.4, -0.2) is 41.9 Å². The van der Waals surface area contributed by atoms with Gasteiger partial charge in [-0.05, 0) is 23.7 Å². The zero-order valence-corrected chi connectivity index (χ0v) is 14.7. The smallest absolute Gasteiger partial charge is 0.396 e. The van der Waals surface area contributed by atoms with Crippen LogP contribution in [0.5, 0.6) is 0 Å². The number of sulfonamides is 1. The maximum atomic E-state index is 12.9. The highest BCUT2D eigenvalue weighted by Crippen LogP contribution is 2.38. The van der Waals surface area contributed by atoms with Gasteiger partial charge in [-0.15, -0.1) is 0 Å². The number of hydrogen-bond donors (Lipinski definition) is 1. The van der Waals surface area contributed by atoms with Crippen molar-refractivity contribution in [1.82, 2.24) is 8.68 Å². The van der Waals surface area contributed by atoms with Crippen molar-refractivity contribution in [3.8, 4) is 11.3 Å². The van der Waals surface area contributed by atoms with Crippen LogP contribution in [0, 0.1) is 5.41 Å². The fourth-order valence-corrected chi connectivity index (χ4v) is 5.55. The third-order valence-electron chi connectivity index (χ3n) is 4.12. The molecule has 0 unspecified atom stereocenters. The molecule has 136 valence electrons. The van der Waals surface area contributed by atoms with E-state index in [0.29, 0.717) is 0 Å². The quantitative estimate of drug-likeness (QED) is 0.869. The molecule has 0 saturated carbocycles. The van der Waals surface area contributed by atoms with Crippen molar-refractivity contribution < 1.29 is 26.7 Å². The first-order chi connectivity index (χ1) is 11.6. The molecule has 1 N–H and O–H groups in total. The number of aliphatic hydroxyl groups is 1. The van der Waals surface area contributed by atoms with Crippen LogP contribution in [0.25, 0.3) is 11.3 Å². The fraction of sp³-hybridized carbons (Fsp3) is 0.400. The molecule has 0 spiro atoms. The summed E-state index contributed by atoms with van der Waals surface area (Å²) >= 11 is 0.872. The molecule has 3 rings (SSSR count). The molecule has 2 aromatic rings. The number of aromatic nitrogens is 1. The number of alkyl halides is 3. The molecule has 0 amide bonds. The molecule has 25 heavy (non-hydrogen) atoms. The van der Waals surface area contributed by atoms with Gasteiger partial charge in [-0.1, -0.05) is 19.1 Å². The number of hydrogen-bond acceptors (Lipinski definition) is 5. The Hall–Kier alpha value is -1.49. The second kappa shape index (κ2) is 6.04. The lowest BCUT2D eigenvalue weighted by molar-refractivity contribution is -0.137. The van der Waals surface area contributed by atoms with Crippen molar-refractivity contribution in [1.29, 1.82) is 0 Å². The number of benzene rings is 1. The van der Waals surface area contributed by atoms with Crippen LogP contribution in [0.1, 0.15) is 12.5 Å². The van der Waals surface area contributed by atoms with Crippen LogP contribution in [0.2, 0.25) is 0 Å². The molecule has 1 saturated heterocycles. The predicted molar refractivity (Wildman–Crippen MR) is 86.5 cm³/mol. The molecule has 1 fully saturated rings. The van der Waals surface area contributed by atoms with Crippen LogP contribution >= 0.6 is 11.5 Å². The molecular formula is C15H15F3N2O3S2. The Bertz CT molecular complexity index is 887. The van der Waals surface area contributed by atoms with E-state index in [-0.39, 0.29) is 35.8 Å². The van der Waals surface area contributed by atoms with Crippen molar-refractivity contribution in [2.75, 3.05) is 19.7 Å². The molecular weight excluding hydrogens is 377 g/mol. The Kier molecular flexibility index (Phi) is 4.43. The highest BCUT2D eigenvalue weighted by Gasteiger charge is 2.45. The number of aliphatic hydroxyl groups excluding tert-OH is 1. The largest absolute Gasteiger partial charge is 0.416 e. The van der Waals surface area contributed by atoms with Crippen molar-refractivity contribution in [2.24, 2.45) is 5.41 Å². The van der Waals surface area contributed by atoms with Gasteiger partial charge < -0.3 is 5.11 Å². The summed E-state index contributed by atoms with van der Waals surface area (Å²) in [6.07, 6.45) is -4.52. The van der Waals surface area contributed by atoms with Gasteiger partial charge in [0.15, 0.2) is 0 Å². The van der Waals surface area contributed by atoms with E-state index in [4.69, 9.17) is 0 Å². The normalized spacial score (nSPS) is 18.1. The summed E-state index contributed by atoms with van der Waals surface area (Å²) in [4.78, 5) is -0.114. The van der Waals surface area contributed by atoms with E-state index in [1.54, 1.807) is 6.92 Å². The Morgan fingerprint density at radius 2 is 2.04 bits per heavy atom. The summed E-state index contributed by atoms with van der Waals surface area (Å²) in [5.74, 6) is 0. The zero-order chi connectivity index (χ0) is 18.5. The minimum atomic E-state index is -4.52. The van der Waals surface area contributed by atoms with Crippen LogP contribution in [0.4, 0.5) is 13.2 Å². The maximum absolute atomic E-state index is 12.9. The Morgan fingerprint density at radius 3 is 2.64 bits per heavy atom. The predicted octanol–water partition coefficient (Wildman–Crippen LogP) is 2.83. The van der Waals surface area contributed by atoms with Crippen LogP contribution in [0.3, 0.4) is 0 Å². The minimum Gasteiger partial charge on any atom is -0.396 e. The highest BCUT2D eigenvalue weighted by atomic mass is 32.2. The van der Waals surface area contributed by atoms with Gasteiger partial charge in [-0.3, -0.25) is 0 Å². The third kappa shape index (κ3) is 3.31. The molecule has 1 aromatic heterocycles. The van der Waals surface area contributed by atoms with Gasteiger partial charge in [0.05, 0.1) is 12.2 Å². The first kappa shape index (κ1) is 18.3. The van der Waals surface area contributed by atoms with E-state index in [0.717, 1.165) is 23.7 Å². The molecule has 1 aliphatic rings. The molecule has 0 atom stereocenters. The first-order valence-corrected chi connectivity index (χ1v) is 9.57. The lowest BCUT2D eigenvalue weighted by Gasteiger charge is -2.45. The molecule has 5 nitrogen and oxygen atoms in total. The van der Waals surface area contributed by atoms with Crippen molar-refractivity contribution in [3.05, 3.63) is 35.2 Å². The summed E-state index contributed by atoms with van der Waals surface area (Å²) < 4.78 is 69.4. The van der Waals surface area contributed by atoms with Crippen molar-refractivity contribution in [3.63, 3.8) is 0 Å². The Morgan fingerprint density at radius 1 is 1.36 bits per heavy atom. The number of nitrogens with zero attached hydrogens (tertiary/aromatic N) is 2. The molecule has 1 aliphatic heterocycles. The SMILES string of the molecule is CC1(CO)CN(S(=O)(=O)c2csnc2-c2cccc(C(F)(F)F)c2)C1. The maximum Gasteiger partial charge on any atom is 0.416 e. The minimum absolute atomic E-state index is 0.00806. The second-order valence-corrected chi connectivity index (χ2v) is 8.88. The summed E-state index contributed by atoms with van der Waals surface area (Å²) in [6.45, 7) is 1.94. The van der Waals surface area contributed by atoms with Crippen LogP contribution in [0.15, 0.2) is 34.5 Å². The van der Waals surface area contributed by atoms with Gasteiger partial charge in [-0.25, -0.2) is 8.42 Å². The lowest BCUT2D eigenvalue weighted by Crippen LogP contribution is -2.58. The van der Waals surface area contributed by atoms with Gasteiger partial charge in [0, 0.05) is 29.4 Å². The highest BCUT2D eigenvalue weighted by molar-refractivity contribution is 7.89. The van der Waals surface area contributed by atoms with Crippen molar-refractivity contribution in [2.45, 2.75) is 18.0 Å². The zero-order valence-electron chi connectivity index (χ0n) is 13.1. The lowest BCUT2D eigenvalue weighted by atomic mass is 9.85. The average molecular weight is 392 g/mol. The van der Waals surface area contributed by atoms with Gasteiger partial charge in [0.2, 0.25) is 10.0 Å². The number of rotatable bonds is 4. The monoisotopic (exact) mass is 392 g/mol. The summed E-state index contributed by atoms with van der Waals surface area (Å²) in [6, 6.07) is 4.44. The molecule has 0 aliphatic carbocycles. The first-order valence-electron chi connectivity index (χ1n) is 7.30. The van der Waals surface area contributed by atoms with E-state index in [2.05, 4.69) is 4.37 Å². The van der Waals surface area contributed by atoms with Gasteiger partial charge >= 0.3 is 6.18 Å². The molecule has 10 heteroatoms. The average Bonchev–Trinajstić information content (AvgIpc) is 3.01. The summed E-state index contributed by atoms with van der Waals surface area (Å²) in [5, 5.41) is 10.6. The summed E-state index contributed by atoms with van der Waals surface area (Å²) in [5.41, 5.74) is -1.25. The van der Waals surface area contributed by atoms with Crippen molar-refractivity contribution >= 4 is 21.6 Å². The Labute approximate surface area is 146 Å².